The van der Waals surface area contributed by atoms with Crippen molar-refractivity contribution in [3.8, 4) is 0 Å². The summed E-state index contributed by atoms with van der Waals surface area (Å²) in [7, 11) is 2.00. The number of fused-ring (bicyclic) bond motifs is 1. The molecule has 0 bridgehead atoms. The fourth-order valence-corrected chi connectivity index (χ4v) is 3.66. The van der Waals surface area contributed by atoms with Crippen molar-refractivity contribution >= 4 is 5.91 Å². The predicted molar refractivity (Wildman–Crippen MR) is 69.1 cm³/mol. The summed E-state index contributed by atoms with van der Waals surface area (Å²) < 4.78 is 0. The summed E-state index contributed by atoms with van der Waals surface area (Å²) in [6.45, 7) is 1.42. The molecule has 2 aliphatic carbocycles. The van der Waals surface area contributed by atoms with Crippen LogP contribution in [0.3, 0.4) is 0 Å². The Morgan fingerprint density at radius 3 is 2.78 bits per heavy atom. The number of piperidine rings is 1. The Morgan fingerprint density at radius 1 is 1.33 bits per heavy atom. The third-order valence-electron chi connectivity index (χ3n) is 5.11. The third-order valence-corrected chi connectivity index (χ3v) is 5.11. The van der Waals surface area contributed by atoms with Crippen LogP contribution < -0.4 is 5.32 Å². The molecule has 1 saturated heterocycles. The topological polar surface area (TPSA) is 52.6 Å². The van der Waals surface area contributed by atoms with Crippen LogP contribution in [0.25, 0.3) is 0 Å². The lowest BCUT2D eigenvalue weighted by atomic mass is 9.69. The maximum Gasteiger partial charge on any atom is 0.225 e. The number of hydrogen-bond donors (Lipinski definition) is 2. The summed E-state index contributed by atoms with van der Waals surface area (Å²) in [4.78, 5) is 14.0. The molecule has 1 aliphatic heterocycles. The number of β-amino-alcohol motifs (C(OH)–C–C–N with tert-alkyl or cyclic N) is 1. The summed E-state index contributed by atoms with van der Waals surface area (Å²) in [5.74, 6) is 0.934. The van der Waals surface area contributed by atoms with E-state index in [-0.39, 0.29) is 11.8 Å². The summed E-state index contributed by atoms with van der Waals surface area (Å²) in [6.07, 6.45) is 5.98. The molecule has 1 amide bonds. The standard InChI is InChI=1S/C14H24N2O2/c1-15-12-4-6-14(18)9-16(7-5-11(14)8-12)13(17)10-2-3-10/h10-12,15,18H,2-9H2,1H3/t11-,12+,14-/m1/s1. The van der Waals surface area contributed by atoms with E-state index in [9.17, 15) is 9.90 Å². The smallest absolute Gasteiger partial charge is 0.225 e. The largest absolute Gasteiger partial charge is 0.388 e. The molecule has 102 valence electrons. The Morgan fingerprint density at radius 2 is 2.11 bits per heavy atom. The van der Waals surface area contributed by atoms with Crippen LogP contribution in [0.1, 0.15) is 38.5 Å². The van der Waals surface area contributed by atoms with E-state index in [1.54, 1.807) is 0 Å². The SMILES string of the molecule is CN[C@H]1CC[C@@]2(O)CN(C(=O)C3CC3)CC[C@@H]2C1. The van der Waals surface area contributed by atoms with Crippen LogP contribution in [0.2, 0.25) is 0 Å². The van der Waals surface area contributed by atoms with Gasteiger partial charge in [-0.05, 0) is 51.5 Å². The van der Waals surface area contributed by atoms with Crippen LogP contribution in [-0.4, -0.2) is 47.7 Å². The molecule has 3 rings (SSSR count). The summed E-state index contributed by atoms with van der Waals surface area (Å²) in [5.41, 5.74) is -0.615. The summed E-state index contributed by atoms with van der Waals surface area (Å²) in [5, 5.41) is 14.1. The highest BCUT2D eigenvalue weighted by Gasteiger charge is 2.47. The van der Waals surface area contributed by atoms with Gasteiger partial charge in [0.1, 0.15) is 0 Å². The number of nitrogens with one attached hydrogen (secondary N) is 1. The van der Waals surface area contributed by atoms with E-state index in [1.807, 2.05) is 11.9 Å². The van der Waals surface area contributed by atoms with Crippen LogP contribution in [0.15, 0.2) is 0 Å². The zero-order valence-corrected chi connectivity index (χ0v) is 11.2. The van der Waals surface area contributed by atoms with E-state index >= 15 is 0 Å². The van der Waals surface area contributed by atoms with Crippen molar-refractivity contribution in [2.45, 2.75) is 50.2 Å². The van der Waals surface area contributed by atoms with Crippen molar-refractivity contribution < 1.29 is 9.90 Å². The van der Waals surface area contributed by atoms with Gasteiger partial charge in [0.2, 0.25) is 5.91 Å². The molecule has 4 nitrogen and oxygen atoms in total. The van der Waals surface area contributed by atoms with Gasteiger partial charge < -0.3 is 15.3 Å². The van der Waals surface area contributed by atoms with Gasteiger partial charge >= 0.3 is 0 Å². The van der Waals surface area contributed by atoms with Gasteiger partial charge in [-0.25, -0.2) is 0 Å². The fraction of sp³-hybridized carbons (Fsp3) is 0.929. The van der Waals surface area contributed by atoms with Crippen molar-refractivity contribution in [1.29, 1.82) is 0 Å². The first-order valence-electron chi connectivity index (χ1n) is 7.31. The third kappa shape index (κ3) is 2.16. The van der Waals surface area contributed by atoms with E-state index in [0.29, 0.717) is 18.5 Å². The molecular weight excluding hydrogens is 228 g/mol. The first-order valence-corrected chi connectivity index (χ1v) is 7.31. The minimum absolute atomic E-state index is 0.277. The lowest BCUT2D eigenvalue weighted by Crippen LogP contribution is -2.59. The van der Waals surface area contributed by atoms with Crippen LogP contribution in [0.4, 0.5) is 0 Å². The van der Waals surface area contributed by atoms with Gasteiger partial charge in [0.25, 0.3) is 0 Å². The van der Waals surface area contributed by atoms with Crippen LogP contribution >= 0.6 is 0 Å². The van der Waals surface area contributed by atoms with Crippen molar-refractivity contribution in [3.63, 3.8) is 0 Å². The predicted octanol–water partition coefficient (Wildman–Crippen LogP) is 0.748. The maximum absolute atomic E-state index is 12.1. The number of hydrogen-bond acceptors (Lipinski definition) is 3. The van der Waals surface area contributed by atoms with E-state index in [2.05, 4.69) is 5.32 Å². The molecule has 4 heteroatoms. The van der Waals surface area contributed by atoms with Crippen LogP contribution in [0.5, 0.6) is 0 Å². The maximum atomic E-state index is 12.1. The summed E-state index contributed by atoms with van der Waals surface area (Å²) >= 11 is 0. The second kappa shape index (κ2) is 4.49. The van der Waals surface area contributed by atoms with Crippen molar-refractivity contribution in [2.75, 3.05) is 20.1 Å². The van der Waals surface area contributed by atoms with Gasteiger partial charge in [0, 0.05) is 25.0 Å². The van der Waals surface area contributed by atoms with Gasteiger partial charge in [-0.3, -0.25) is 4.79 Å². The molecule has 3 fully saturated rings. The summed E-state index contributed by atoms with van der Waals surface area (Å²) in [6, 6.07) is 0.543. The molecule has 2 N–H and O–H groups in total. The normalized spacial score (nSPS) is 40.4. The lowest BCUT2D eigenvalue weighted by molar-refractivity contribution is -0.149. The Balaban J connectivity index is 1.66. The van der Waals surface area contributed by atoms with E-state index in [4.69, 9.17) is 0 Å². The quantitative estimate of drug-likeness (QED) is 0.762. The van der Waals surface area contributed by atoms with Gasteiger partial charge in [-0.2, -0.15) is 0 Å². The van der Waals surface area contributed by atoms with E-state index in [1.165, 1.54) is 0 Å². The number of amides is 1. The highest BCUT2D eigenvalue weighted by atomic mass is 16.3. The van der Waals surface area contributed by atoms with E-state index in [0.717, 1.165) is 45.1 Å². The molecule has 1 heterocycles. The number of rotatable bonds is 2. The van der Waals surface area contributed by atoms with Gasteiger partial charge in [-0.15, -0.1) is 0 Å². The molecule has 0 spiro atoms. The van der Waals surface area contributed by atoms with Crippen molar-refractivity contribution in [3.05, 3.63) is 0 Å². The highest BCUT2D eigenvalue weighted by Crippen LogP contribution is 2.41. The number of carbonyl (C=O) groups is 1. The molecule has 3 atom stereocenters. The van der Waals surface area contributed by atoms with Crippen molar-refractivity contribution in [2.24, 2.45) is 11.8 Å². The number of aliphatic hydroxyl groups is 1. The monoisotopic (exact) mass is 252 g/mol. The Hall–Kier alpha value is -0.610. The molecule has 0 radical (unpaired) electrons. The molecular formula is C14H24N2O2. The van der Waals surface area contributed by atoms with Gasteiger partial charge in [0.05, 0.1) is 5.60 Å². The second-order valence-corrected chi connectivity index (χ2v) is 6.38. The number of nitrogens with zero attached hydrogens (tertiary/aromatic N) is 1. The Labute approximate surface area is 109 Å². The molecule has 0 unspecified atom stereocenters. The average Bonchev–Trinajstić information content (AvgIpc) is 3.20. The molecule has 0 aromatic rings. The number of carbonyl (C=O) groups excluding carboxylic acids is 1. The van der Waals surface area contributed by atoms with Crippen molar-refractivity contribution in [1.82, 2.24) is 10.2 Å². The minimum Gasteiger partial charge on any atom is -0.388 e. The zero-order valence-electron chi connectivity index (χ0n) is 11.2. The van der Waals surface area contributed by atoms with E-state index < -0.39 is 5.60 Å². The zero-order chi connectivity index (χ0) is 12.8. The van der Waals surface area contributed by atoms with Crippen LogP contribution in [-0.2, 0) is 4.79 Å². The molecule has 0 aromatic heterocycles. The van der Waals surface area contributed by atoms with Crippen LogP contribution in [0, 0.1) is 11.8 Å². The van der Waals surface area contributed by atoms with Gasteiger partial charge in [0.15, 0.2) is 0 Å². The van der Waals surface area contributed by atoms with Gasteiger partial charge in [-0.1, -0.05) is 0 Å². The Kier molecular flexibility index (Phi) is 3.10. The Bertz CT molecular complexity index is 343. The number of likely N-dealkylation sites (tertiary alicyclic amines) is 1. The molecule has 0 aromatic carbocycles. The first kappa shape index (κ1) is 12.4. The minimum atomic E-state index is -0.615. The molecule has 18 heavy (non-hydrogen) atoms. The average molecular weight is 252 g/mol. The highest BCUT2D eigenvalue weighted by molar-refractivity contribution is 5.81. The molecule has 2 saturated carbocycles. The first-order chi connectivity index (χ1) is 8.62. The molecule has 3 aliphatic rings. The second-order valence-electron chi connectivity index (χ2n) is 6.38. The lowest BCUT2D eigenvalue weighted by Gasteiger charge is -2.49. The fourth-order valence-electron chi connectivity index (χ4n) is 3.66.